The van der Waals surface area contributed by atoms with Gasteiger partial charge in [-0.05, 0) is 79.9 Å². The van der Waals surface area contributed by atoms with Crippen molar-refractivity contribution in [2.45, 2.75) is 51.7 Å². The molecule has 5 nitrogen and oxygen atoms in total. The smallest absolute Gasteiger partial charge is 0.387 e. The minimum atomic E-state index is -2.89. The van der Waals surface area contributed by atoms with Gasteiger partial charge in [0.25, 0.3) is 5.91 Å². The van der Waals surface area contributed by atoms with Gasteiger partial charge in [-0.2, -0.15) is 8.78 Å². The third-order valence-electron chi connectivity index (χ3n) is 7.24. The molecule has 0 saturated heterocycles. The van der Waals surface area contributed by atoms with Gasteiger partial charge in [0.1, 0.15) is 6.54 Å². The predicted octanol–water partition coefficient (Wildman–Crippen LogP) is 2.64. The highest BCUT2D eigenvalue weighted by Gasteiger charge is 2.50. The molecule has 166 valence electrons. The van der Waals surface area contributed by atoms with Crippen LogP contribution in [0, 0.1) is 23.2 Å². The molecule has 4 saturated carbocycles. The number of carbonyl (C=O) groups is 1. The average Bonchev–Trinajstić information content (AvgIpc) is 2.66. The minimum absolute atomic E-state index is 0.0159. The maximum atomic E-state index is 12.6. The molecular weight excluding hydrogens is 390 g/mol. The Kier molecular flexibility index (Phi) is 6.19. The van der Waals surface area contributed by atoms with Gasteiger partial charge in [0, 0.05) is 12.1 Å². The topological polar surface area (TPSA) is 52.0 Å². The van der Waals surface area contributed by atoms with Crippen LogP contribution in [0.3, 0.4) is 0 Å². The summed E-state index contributed by atoms with van der Waals surface area (Å²) in [5, 5.41) is 3.22. The van der Waals surface area contributed by atoms with Gasteiger partial charge in [-0.1, -0.05) is 0 Å². The van der Waals surface area contributed by atoms with Crippen LogP contribution in [-0.4, -0.2) is 39.8 Å². The van der Waals surface area contributed by atoms with Gasteiger partial charge >= 0.3 is 6.61 Å². The van der Waals surface area contributed by atoms with Crippen LogP contribution in [0.1, 0.15) is 44.1 Å². The first-order valence-corrected chi connectivity index (χ1v) is 11.0. The molecule has 1 aromatic carbocycles. The Bertz CT molecular complexity index is 736. The zero-order valence-electron chi connectivity index (χ0n) is 17.9. The van der Waals surface area contributed by atoms with Crippen LogP contribution in [0.25, 0.3) is 0 Å². The summed E-state index contributed by atoms with van der Waals surface area (Å²) in [6, 6.07) is 4.91. The zero-order valence-corrected chi connectivity index (χ0v) is 17.9. The molecule has 1 atom stereocenters. The van der Waals surface area contributed by atoms with E-state index in [1.165, 1.54) is 51.7 Å². The van der Waals surface area contributed by atoms with E-state index in [4.69, 9.17) is 4.74 Å². The number of likely N-dealkylation sites (N-methyl/N-ethyl adjacent to an activating group) is 1. The standard InChI is InChI=1S/C23H32F2N2O3/c1-27(12-15-3-4-19(30-22(24)25)20(8-15)29-2)13-21(28)26-14-23-9-16-5-17(10-23)7-18(6-16)11-23/h3-4,8,16-18,22H,5-7,9-14H2,1-2H3,(H,26,28)/p+1. The Labute approximate surface area is 177 Å². The van der Waals surface area contributed by atoms with Gasteiger partial charge in [0.15, 0.2) is 18.0 Å². The number of nitrogens with one attached hydrogen (secondary N) is 2. The highest BCUT2D eigenvalue weighted by atomic mass is 19.3. The van der Waals surface area contributed by atoms with E-state index >= 15 is 0 Å². The largest absolute Gasteiger partial charge is 0.493 e. The van der Waals surface area contributed by atoms with Crippen molar-refractivity contribution in [2.24, 2.45) is 23.2 Å². The third-order valence-corrected chi connectivity index (χ3v) is 7.24. The quantitative estimate of drug-likeness (QED) is 0.642. The van der Waals surface area contributed by atoms with E-state index in [1.807, 2.05) is 7.05 Å². The van der Waals surface area contributed by atoms with Crippen LogP contribution in [-0.2, 0) is 11.3 Å². The summed E-state index contributed by atoms with van der Waals surface area (Å²) < 4.78 is 34.6. The second-order valence-electron chi connectivity index (χ2n) is 9.87. The second kappa shape index (κ2) is 8.69. The summed E-state index contributed by atoms with van der Waals surface area (Å²) in [6.07, 6.45) is 8.08. The summed E-state index contributed by atoms with van der Waals surface area (Å²) in [4.78, 5) is 13.6. The zero-order chi connectivity index (χ0) is 21.3. The van der Waals surface area contributed by atoms with E-state index < -0.39 is 6.61 Å². The SMILES string of the molecule is COc1cc(C[NH+](C)CC(=O)NCC23CC4CC(CC(C4)C2)C3)ccc1OC(F)F. The second-order valence-corrected chi connectivity index (χ2v) is 9.87. The minimum Gasteiger partial charge on any atom is -0.493 e. The van der Waals surface area contributed by atoms with Gasteiger partial charge in [0.05, 0.1) is 14.2 Å². The van der Waals surface area contributed by atoms with E-state index in [2.05, 4.69) is 10.1 Å². The number of carbonyl (C=O) groups excluding carboxylic acids is 1. The number of ether oxygens (including phenoxy) is 2. The first-order chi connectivity index (χ1) is 14.3. The lowest BCUT2D eigenvalue weighted by molar-refractivity contribution is -0.885. The van der Waals surface area contributed by atoms with Crippen LogP contribution in [0.15, 0.2) is 18.2 Å². The Morgan fingerprint density at radius 3 is 2.37 bits per heavy atom. The number of amides is 1. The van der Waals surface area contributed by atoms with Crippen LogP contribution in [0.5, 0.6) is 11.5 Å². The monoisotopic (exact) mass is 423 g/mol. The van der Waals surface area contributed by atoms with Gasteiger partial charge in [-0.25, -0.2) is 0 Å². The molecule has 4 aliphatic rings. The fraction of sp³-hybridized carbons (Fsp3) is 0.696. The Morgan fingerprint density at radius 1 is 1.17 bits per heavy atom. The van der Waals surface area contributed by atoms with Crippen molar-refractivity contribution in [2.75, 3.05) is 27.2 Å². The maximum Gasteiger partial charge on any atom is 0.387 e. The molecule has 4 aliphatic carbocycles. The molecule has 1 aromatic rings. The lowest BCUT2D eigenvalue weighted by atomic mass is 9.49. The van der Waals surface area contributed by atoms with Crippen molar-refractivity contribution in [1.29, 1.82) is 0 Å². The highest BCUT2D eigenvalue weighted by molar-refractivity contribution is 5.76. The molecular formula is C23H33F2N2O3+. The predicted molar refractivity (Wildman–Crippen MR) is 109 cm³/mol. The molecule has 0 aromatic heterocycles. The number of hydrogen-bond acceptors (Lipinski definition) is 3. The number of hydrogen-bond donors (Lipinski definition) is 2. The van der Waals surface area contributed by atoms with Gasteiger partial charge in [-0.3, -0.25) is 4.79 Å². The number of rotatable bonds is 9. The van der Waals surface area contributed by atoms with Crippen LogP contribution < -0.4 is 19.7 Å². The number of methoxy groups -OCH3 is 1. The fourth-order valence-corrected chi connectivity index (χ4v) is 6.56. The molecule has 4 fully saturated rings. The third kappa shape index (κ3) is 4.88. The van der Waals surface area contributed by atoms with Gasteiger partial charge in [0.2, 0.25) is 0 Å². The first-order valence-electron chi connectivity index (χ1n) is 11.0. The molecule has 2 N–H and O–H groups in total. The molecule has 0 heterocycles. The molecule has 7 heteroatoms. The molecule has 0 spiro atoms. The summed E-state index contributed by atoms with van der Waals surface area (Å²) in [5.41, 5.74) is 1.24. The van der Waals surface area contributed by atoms with Crippen molar-refractivity contribution in [3.8, 4) is 11.5 Å². The number of quaternary nitrogens is 1. The molecule has 1 amide bonds. The summed E-state index contributed by atoms with van der Waals surface area (Å²) in [7, 11) is 3.38. The Balaban J connectivity index is 1.27. The summed E-state index contributed by atoms with van der Waals surface area (Å²) in [6.45, 7) is -1.10. The van der Waals surface area contributed by atoms with E-state index in [1.54, 1.807) is 12.1 Å². The van der Waals surface area contributed by atoms with Gasteiger partial charge < -0.3 is 19.7 Å². The number of benzene rings is 1. The first kappa shape index (κ1) is 21.3. The average molecular weight is 424 g/mol. The van der Waals surface area contributed by atoms with E-state index in [0.29, 0.717) is 18.5 Å². The van der Waals surface area contributed by atoms with Crippen molar-refractivity contribution < 1.29 is 27.9 Å². The normalized spacial score (nSPS) is 30.4. The fourth-order valence-electron chi connectivity index (χ4n) is 6.56. The maximum absolute atomic E-state index is 12.6. The summed E-state index contributed by atoms with van der Waals surface area (Å²) >= 11 is 0. The molecule has 0 aliphatic heterocycles. The highest BCUT2D eigenvalue weighted by Crippen LogP contribution is 2.59. The van der Waals surface area contributed by atoms with E-state index in [0.717, 1.165) is 34.8 Å². The lowest BCUT2D eigenvalue weighted by Gasteiger charge is -2.56. The van der Waals surface area contributed by atoms with Crippen molar-refractivity contribution in [3.05, 3.63) is 23.8 Å². The van der Waals surface area contributed by atoms with Crippen molar-refractivity contribution >= 4 is 5.91 Å². The number of halogens is 2. The van der Waals surface area contributed by atoms with Gasteiger partial charge in [-0.15, -0.1) is 0 Å². The van der Waals surface area contributed by atoms with Crippen LogP contribution in [0.2, 0.25) is 0 Å². The Morgan fingerprint density at radius 2 is 1.80 bits per heavy atom. The number of alkyl halides is 2. The van der Waals surface area contributed by atoms with Crippen molar-refractivity contribution in [3.63, 3.8) is 0 Å². The molecule has 30 heavy (non-hydrogen) atoms. The van der Waals surface area contributed by atoms with E-state index in [9.17, 15) is 13.6 Å². The molecule has 5 rings (SSSR count). The molecule has 0 radical (unpaired) electrons. The summed E-state index contributed by atoms with van der Waals surface area (Å²) in [5.74, 6) is 3.01. The Hall–Kier alpha value is -1.89. The molecule has 4 bridgehead atoms. The van der Waals surface area contributed by atoms with Crippen molar-refractivity contribution in [1.82, 2.24) is 5.32 Å². The molecule has 1 unspecified atom stereocenters. The van der Waals surface area contributed by atoms with Crippen LogP contribution in [0.4, 0.5) is 8.78 Å². The lowest BCUT2D eigenvalue weighted by Crippen LogP contribution is -3.08. The van der Waals surface area contributed by atoms with E-state index in [-0.39, 0.29) is 17.4 Å². The van der Waals surface area contributed by atoms with Crippen LogP contribution >= 0.6 is 0 Å².